The molecule has 0 aliphatic rings. The number of rotatable bonds is 4. The Morgan fingerprint density at radius 1 is 1.04 bits per heavy atom. The molecule has 0 fully saturated rings. The van der Waals surface area contributed by atoms with Crippen LogP contribution in [0.5, 0.6) is 0 Å². The highest BCUT2D eigenvalue weighted by Crippen LogP contribution is 2.24. The molecule has 0 unspecified atom stereocenters. The maximum Gasteiger partial charge on any atom is 0.143 e. The summed E-state index contributed by atoms with van der Waals surface area (Å²) >= 11 is 0. The zero-order chi connectivity index (χ0) is 18.1. The quantitative estimate of drug-likeness (QED) is 0.569. The Morgan fingerprint density at radius 3 is 2.58 bits per heavy atom. The molecular formula is C20H18FN5. The first-order chi connectivity index (χ1) is 12.6. The van der Waals surface area contributed by atoms with Crippen molar-refractivity contribution >= 4 is 28.2 Å². The molecule has 0 atom stereocenters. The van der Waals surface area contributed by atoms with E-state index in [0.29, 0.717) is 22.9 Å². The first kappa shape index (κ1) is 16.1. The van der Waals surface area contributed by atoms with E-state index in [0.717, 1.165) is 22.5 Å². The first-order valence-electron chi connectivity index (χ1n) is 8.28. The summed E-state index contributed by atoms with van der Waals surface area (Å²) in [5.74, 6) is 2.15. The van der Waals surface area contributed by atoms with Crippen LogP contribution < -0.4 is 11.1 Å². The number of imidazole rings is 1. The van der Waals surface area contributed by atoms with Gasteiger partial charge in [0.25, 0.3) is 0 Å². The fourth-order valence-electron chi connectivity index (χ4n) is 2.98. The smallest absolute Gasteiger partial charge is 0.143 e. The number of para-hydroxylation sites is 2. The molecule has 3 N–H and O–H groups in total. The van der Waals surface area contributed by atoms with Crippen LogP contribution in [-0.2, 0) is 6.67 Å². The summed E-state index contributed by atoms with van der Waals surface area (Å²) in [5, 5.41) is 3.22. The average Bonchev–Trinajstić information content (AvgIpc) is 2.97. The zero-order valence-electron chi connectivity index (χ0n) is 14.3. The Hall–Kier alpha value is -3.41. The van der Waals surface area contributed by atoms with Gasteiger partial charge in [-0.1, -0.05) is 24.3 Å². The van der Waals surface area contributed by atoms with Gasteiger partial charge >= 0.3 is 0 Å². The molecule has 2 aromatic carbocycles. The van der Waals surface area contributed by atoms with E-state index >= 15 is 0 Å². The fourth-order valence-corrected chi connectivity index (χ4v) is 2.98. The second-order valence-corrected chi connectivity index (χ2v) is 6.08. The molecule has 2 heterocycles. The van der Waals surface area contributed by atoms with Crippen molar-refractivity contribution in [2.75, 3.05) is 11.1 Å². The monoisotopic (exact) mass is 347 g/mol. The SMILES string of the molecule is Cc1nc2ccccc2n1-c1cc(N)cc(Nc2ccc(CF)cc2)n1. The Kier molecular flexibility index (Phi) is 4.01. The average molecular weight is 347 g/mol. The maximum atomic E-state index is 12.7. The fraction of sp³-hybridized carbons (Fsp3) is 0.100. The van der Waals surface area contributed by atoms with Crippen molar-refractivity contribution < 1.29 is 4.39 Å². The summed E-state index contributed by atoms with van der Waals surface area (Å²) in [6.45, 7) is 1.46. The van der Waals surface area contributed by atoms with Crippen LogP contribution in [0.2, 0.25) is 0 Å². The molecule has 4 rings (SSSR count). The van der Waals surface area contributed by atoms with Gasteiger partial charge in [-0.05, 0) is 36.8 Å². The molecule has 0 aliphatic heterocycles. The van der Waals surface area contributed by atoms with E-state index in [9.17, 15) is 4.39 Å². The van der Waals surface area contributed by atoms with Gasteiger partial charge in [-0.15, -0.1) is 0 Å². The lowest BCUT2D eigenvalue weighted by Gasteiger charge is -2.11. The van der Waals surface area contributed by atoms with Crippen molar-refractivity contribution in [1.29, 1.82) is 0 Å². The van der Waals surface area contributed by atoms with Gasteiger partial charge in [0.1, 0.15) is 24.1 Å². The molecule has 2 aromatic heterocycles. The maximum absolute atomic E-state index is 12.7. The molecule has 0 amide bonds. The lowest BCUT2D eigenvalue weighted by Crippen LogP contribution is -2.04. The number of hydrogen-bond acceptors (Lipinski definition) is 4. The van der Waals surface area contributed by atoms with Crippen molar-refractivity contribution in [1.82, 2.24) is 14.5 Å². The number of aromatic nitrogens is 3. The van der Waals surface area contributed by atoms with Crippen molar-refractivity contribution in [2.24, 2.45) is 0 Å². The molecule has 0 saturated heterocycles. The number of hydrogen-bond donors (Lipinski definition) is 2. The third-order valence-electron chi connectivity index (χ3n) is 4.17. The zero-order valence-corrected chi connectivity index (χ0v) is 14.3. The predicted molar refractivity (Wildman–Crippen MR) is 103 cm³/mol. The van der Waals surface area contributed by atoms with Crippen LogP contribution in [0.25, 0.3) is 16.9 Å². The molecule has 0 radical (unpaired) electrons. The highest BCUT2D eigenvalue weighted by atomic mass is 19.1. The second-order valence-electron chi connectivity index (χ2n) is 6.08. The molecule has 0 saturated carbocycles. The molecule has 4 aromatic rings. The number of alkyl halides is 1. The van der Waals surface area contributed by atoms with Crippen LogP contribution in [0, 0.1) is 6.92 Å². The molecule has 0 aliphatic carbocycles. The van der Waals surface area contributed by atoms with Gasteiger partial charge in [-0.25, -0.2) is 14.4 Å². The van der Waals surface area contributed by atoms with Gasteiger partial charge in [0, 0.05) is 23.5 Å². The van der Waals surface area contributed by atoms with E-state index in [2.05, 4.69) is 15.3 Å². The summed E-state index contributed by atoms with van der Waals surface area (Å²) in [6, 6.07) is 18.6. The predicted octanol–water partition coefficient (Wildman–Crippen LogP) is 4.52. The van der Waals surface area contributed by atoms with E-state index in [-0.39, 0.29) is 0 Å². The van der Waals surface area contributed by atoms with E-state index in [1.54, 1.807) is 18.2 Å². The molecular weight excluding hydrogens is 329 g/mol. The number of fused-ring (bicyclic) bond motifs is 1. The lowest BCUT2D eigenvalue weighted by molar-refractivity contribution is 0.485. The first-order valence-corrected chi connectivity index (χ1v) is 8.28. The Morgan fingerprint density at radius 2 is 1.81 bits per heavy atom. The van der Waals surface area contributed by atoms with Crippen LogP contribution in [0.4, 0.5) is 21.6 Å². The van der Waals surface area contributed by atoms with E-state index in [4.69, 9.17) is 5.73 Å². The molecule has 5 nitrogen and oxygen atoms in total. The van der Waals surface area contributed by atoms with Crippen LogP contribution >= 0.6 is 0 Å². The molecule has 130 valence electrons. The Bertz CT molecular complexity index is 1070. The van der Waals surface area contributed by atoms with Gasteiger partial charge in [-0.3, -0.25) is 4.57 Å². The standard InChI is InChI=1S/C20H18FN5/c1-13-23-17-4-2-3-5-18(17)26(13)20-11-15(22)10-19(25-20)24-16-8-6-14(12-21)7-9-16/h2-11H,12H2,1H3,(H3,22,24,25). The largest absolute Gasteiger partial charge is 0.399 e. The number of anilines is 3. The molecule has 0 bridgehead atoms. The number of aryl methyl sites for hydroxylation is 1. The summed E-state index contributed by atoms with van der Waals surface area (Å²) in [6.07, 6.45) is 0. The summed E-state index contributed by atoms with van der Waals surface area (Å²) < 4.78 is 14.6. The number of benzene rings is 2. The van der Waals surface area contributed by atoms with Crippen LogP contribution in [0.3, 0.4) is 0 Å². The minimum Gasteiger partial charge on any atom is -0.399 e. The highest BCUT2D eigenvalue weighted by molar-refractivity contribution is 5.78. The van der Waals surface area contributed by atoms with Crippen molar-refractivity contribution in [3.8, 4) is 5.82 Å². The minimum atomic E-state index is -0.478. The topological polar surface area (TPSA) is 68.8 Å². The molecule has 6 heteroatoms. The van der Waals surface area contributed by atoms with E-state index in [1.807, 2.05) is 54.0 Å². The number of pyridine rings is 1. The number of halogens is 1. The van der Waals surface area contributed by atoms with Crippen molar-refractivity contribution in [3.05, 3.63) is 72.1 Å². The van der Waals surface area contributed by atoms with Gasteiger partial charge < -0.3 is 11.1 Å². The normalized spacial score (nSPS) is 11.0. The highest BCUT2D eigenvalue weighted by Gasteiger charge is 2.11. The van der Waals surface area contributed by atoms with Crippen molar-refractivity contribution in [2.45, 2.75) is 13.6 Å². The van der Waals surface area contributed by atoms with Gasteiger partial charge in [0.05, 0.1) is 11.0 Å². The van der Waals surface area contributed by atoms with Gasteiger partial charge in [-0.2, -0.15) is 0 Å². The van der Waals surface area contributed by atoms with Crippen molar-refractivity contribution in [3.63, 3.8) is 0 Å². The third-order valence-corrected chi connectivity index (χ3v) is 4.17. The number of nitrogen functional groups attached to an aromatic ring is 1. The second kappa shape index (κ2) is 6.48. The number of nitrogens with two attached hydrogens (primary N) is 1. The minimum absolute atomic E-state index is 0.478. The summed E-state index contributed by atoms with van der Waals surface area (Å²) in [5.41, 5.74) is 10.0. The van der Waals surface area contributed by atoms with Crippen LogP contribution in [0.15, 0.2) is 60.7 Å². The lowest BCUT2D eigenvalue weighted by atomic mass is 10.2. The van der Waals surface area contributed by atoms with E-state index in [1.165, 1.54) is 0 Å². The number of nitrogens with one attached hydrogen (secondary N) is 1. The Labute approximate surface area is 150 Å². The number of nitrogens with zero attached hydrogens (tertiary/aromatic N) is 3. The summed E-state index contributed by atoms with van der Waals surface area (Å²) in [4.78, 5) is 9.26. The molecule has 26 heavy (non-hydrogen) atoms. The van der Waals surface area contributed by atoms with Crippen LogP contribution in [0.1, 0.15) is 11.4 Å². The van der Waals surface area contributed by atoms with Crippen LogP contribution in [-0.4, -0.2) is 14.5 Å². The van der Waals surface area contributed by atoms with Gasteiger partial charge in [0.15, 0.2) is 0 Å². The molecule has 0 spiro atoms. The summed E-state index contributed by atoms with van der Waals surface area (Å²) in [7, 11) is 0. The third kappa shape index (κ3) is 2.97. The van der Waals surface area contributed by atoms with E-state index < -0.39 is 6.67 Å². The Balaban J connectivity index is 1.75. The van der Waals surface area contributed by atoms with Gasteiger partial charge in [0.2, 0.25) is 0 Å².